The van der Waals surface area contributed by atoms with Crippen molar-refractivity contribution >= 4 is 57.2 Å². The zero-order valence-electron chi connectivity index (χ0n) is 19.8. The number of phenols is 1. The molecule has 3 aromatic heterocycles. The number of aromatic nitrogens is 3. The predicted molar refractivity (Wildman–Crippen MR) is 147 cm³/mol. The van der Waals surface area contributed by atoms with Crippen LogP contribution in [0.2, 0.25) is 0 Å². The van der Waals surface area contributed by atoms with E-state index in [4.69, 9.17) is 0 Å². The van der Waals surface area contributed by atoms with E-state index in [9.17, 15) is 15.0 Å². The predicted octanol–water partition coefficient (Wildman–Crippen LogP) is 5.86. The summed E-state index contributed by atoms with van der Waals surface area (Å²) in [5.41, 5.74) is 2.69. The Morgan fingerprint density at radius 2 is 1.84 bits per heavy atom. The van der Waals surface area contributed by atoms with Gasteiger partial charge in [0.15, 0.2) is 5.65 Å². The number of aliphatic hydroxyl groups is 1. The summed E-state index contributed by atoms with van der Waals surface area (Å²) >= 11 is 2.84. The number of amides is 1. The summed E-state index contributed by atoms with van der Waals surface area (Å²) in [6, 6.07) is 21.7. The highest BCUT2D eigenvalue weighted by atomic mass is 32.2. The van der Waals surface area contributed by atoms with Gasteiger partial charge in [0, 0.05) is 22.7 Å². The van der Waals surface area contributed by atoms with Crippen molar-refractivity contribution in [2.75, 3.05) is 10.6 Å². The SMILES string of the molecule is CC(O)Cc1ccc2c(Nc3cc(C(=O)Nc4ccccc4)sc3Sc3ccc(O)cc3)ncnc2n1. The average molecular weight is 530 g/mol. The molecule has 0 aliphatic rings. The Kier molecular flexibility index (Phi) is 7.31. The number of aliphatic hydroxyl groups excluding tert-OH is 1. The number of hydrogen-bond acceptors (Lipinski definition) is 9. The van der Waals surface area contributed by atoms with Crippen LogP contribution in [0.15, 0.2) is 88.2 Å². The number of carbonyl (C=O) groups excluding carboxylic acids is 1. The molecule has 4 N–H and O–H groups in total. The molecule has 0 saturated heterocycles. The van der Waals surface area contributed by atoms with Gasteiger partial charge in [-0.1, -0.05) is 30.0 Å². The van der Waals surface area contributed by atoms with E-state index < -0.39 is 6.10 Å². The van der Waals surface area contributed by atoms with Gasteiger partial charge in [0.05, 0.1) is 26.3 Å². The maximum Gasteiger partial charge on any atom is 0.265 e. The highest BCUT2D eigenvalue weighted by Crippen LogP contribution is 2.42. The van der Waals surface area contributed by atoms with Crippen molar-refractivity contribution in [1.29, 1.82) is 0 Å². The van der Waals surface area contributed by atoms with Gasteiger partial charge < -0.3 is 20.8 Å². The van der Waals surface area contributed by atoms with E-state index in [0.29, 0.717) is 34.1 Å². The van der Waals surface area contributed by atoms with Crippen molar-refractivity contribution < 1.29 is 15.0 Å². The van der Waals surface area contributed by atoms with Crippen LogP contribution in [0, 0.1) is 0 Å². The second-order valence-corrected chi connectivity index (χ2v) is 10.7. The quantitative estimate of drug-likeness (QED) is 0.197. The van der Waals surface area contributed by atoms with E-state index in [1.807, 2.05) is 54.6 Å². The van der Waals surface area contributed by atoms with E-state index in [2.05, 4.69) is 25.6 Å². The summed E-state index contributed by atoms with van der Waals surface area (Å²) in [4.78, 5) is 27.8. The lowest BCUT2D eigenvalue weighted by Crippen LogP contribution is -2.09. The van der Waals surface area contributed by atoms with E-state index >= 15 is 0 Å². The molecule has 5 aromatic rings. The van der Waals surface area contributed by atoms with Crippen molar-refractivity contribution in [1.82, 2.24) is 15.0 Å². The lowest BCUT2D eigenvalue weighted by atomic mass is 10.2. The summed E-state index contributed by atoms with van der Waals surface area (Å²) in [7, 11) is 0. The number of pyridine rings is 1. The highest BCUT2D eigenvalue weighted by Gasteiger charge is 2.18. The molecule has 8 nitrogen and oxygen atoms in total. The lowest BCUT2D eigenvalue weighted by Gasteiger charge is -2.10. The zero-order chi connectivity index (χ0) is 25.8. The Morgan fingerprint density at radius 3 is 2.59 bits per heavy atom. The second kappa shape index (κ2) is 11.0. The summed E-state index contributed by atoms with van der Waals surface area (Å²) in [6.45, 7) is 1.72. The summed E-state index contributed by atoms with van der Waals surface area (Å²) in [6.07, 6.45) is 1.36. The molecule has 0 saturated carbocycles. The Hall–Kier alpha value is -3.99. The molecule has 0 spiro atoms. The molecular formula is C27H23N5O3S2. The third kappa shape index (κ3) is 6.05. The largest absolute Gasteiger partial charge is 0.508 e. The molecule has 0 aliphatic carbocycles. The van der Waals surface area contributed by atoms with Crippen LogP contribution in [0.1, 0.15) is 22.3 Å². The van der Waals surface area contributed by atoms with Crippen LogP contribution in [0.5, 0.6) is 5.75 Å². The first-order valence-corrected chi connectivity index (χ1v) is 13.1. The van der Waals surface area contributed by atoms with Gasteiger partial charge in [-0.25, -0.2) is 15.0 Å². The van der Waals surface area contributed by atoms with E-state index in [0.717, 1.165) is 20.2 Å². The topological polar surface area (TPSA) is 120 Å². The van der Waals surface area contributed by atoms with Crippen LogP contribution in [0.25, 0.3) is 11.0 Å². The molecule has 3 heterocycles. The lowest BCUT2D eigenvalue weighted by molar-refractivity contribution is 0.103. The normalized spacial score (nSPS) is 11.8. The first kappa shape index (κ1) is 24.7. The van der Waals surface area contributed by atoms with Crippen molar-refractivity contribution in [3.63, 3.8) is 0 Å². The summed E-state index contributed by atoms with van der Waals surface area (Å²) in [5, 5.41) is 26.4. The molecule has 10 heteroatoms. The number of anilines is 3. The molecule has 0 aliphatic heterocycles. The summed E-state index contributed by atoms with van der Waals surface area (Å²) in [5.74, 6) is 0.530. The van der Waals surface area contributed by atoms with Crippen molar-refractivity contribution in [2.45, 2.75) is 28.6 Å². The van der Waals surface area contributed by atoms with Crippen molar-refractivity contribution in [3.8, 4) is 5.75 Å². The number of hydrogen-bond donors (Lipinski definition) is 4. The number of aromatic hydroxyl groups is 1. The van der Waals surface area contributed by atoms with Gasteiger partial charge in [-0.15, -0.1) is 11.3 Å². The molecule has 5 rings (SSSR count). The van der Waals surface area contributed by atoms with Crippen LogP contribution in [-0.4, -0.2) is 37.2 Å². The number of para-hydroxylation sites is 1. The van der Waals surface area contributed by atoms with Crippen LogP contribution in [0.3, 0.4) is 0 Å². The van der Waals surface area contributed by atoms with Crippen molar-refractivity contribution in [3.05, 3.63) is 89.7 Å². The molecule has 0 fully saturated rings. The third-order valence-corrected chi connectivity index (χ3v) is 7.65. The minimum atomic E-state index is -0.505. The fraction of sp³-hybridized carbons (Fsp3) is 0.111. The van der Waals surface area contributed by atoms with Crippen LogP contribution < -0.4 is 10.6 Å². The Balaban J connectivity index is 1.48. The first-order chi connectivity index (χ1) is 17.9. The maximum atomic E-state index is 13.0. The van der Waals surface area contributed by atoms with Gasteiger partial charge in [0.2, 0.25) is 0 Å². The molecular weight excluding hydrogens is 506 g/mol. The second-order valence-electron chi connectivity index (χ2n) is 8.30. The molecule has 186 valence electrons. The third-order valence-electron chi connectivity index (χ3n) is 5.31. The number of benzene rings is 2. The number of rotatable bonds is 8. The molecule has 1 unspecified atom stereocenters. The van der Waals surface area contributed by atoms with E-state index in [1.165, 1.54) is 29.4 Å². The van der Waals surface area contributed by atoms with Crippen LogP contribution >= 0.6 is 23.1 Å². The monoisotopic (exact) mass is 529 g/mol. The average Bonchev–Trinajstić information content (AvgIpc) is 3.28. The smallest absolute Gasteiger partial charge is 0.265 e. The van der Waals surface area contributed by atoms with Crippen molar-refractivity contribution in [2.24, 2.45) is 0 Å². The van der Waals surface area contributed by atoms with Gasteiger partial charge in [-0.3, -0.25) is 4.79 Å². The number of fused-ring (bicyclic) bond motifs is 1. The standard InChI is InChI=1S/C27H23N5O3S2/c1-16(33)13-18-7-12-21-24(30-18)28-15-29-25(21)32-22-14-23(26(35)31-17-5-3-2-4-6-17)37-27(22)36-20-10-8-19(34)9-11-20/h2-12,14-16,33-34H,13H2,1H3,(H,31,35)(H,28,29,30,32). The Morgan fingerprint density at radius 1 is 1.05 bits per heavy atom. The van der Waals surface area contributed by atoms with Gasteiger partial charge in [0.25, 0.3) is 5.91 Å². The number of thiophene rings is 1. The molecule has 2 aromatic carbocycles. The molecule has 1 atom stereocenters. The van der Waals surface area contributed by atoms with Gasteiger partial charge in [-0.2, -0.15) is 0 Å². The number of nitrogens with zero attached hydrogens (tertiary/aromatic N) is 3. The highest BCUT2D eigenvalue weighted by molar-refractivity contribution is 8.01. The van der Waals surface area contributed by atoms with Gasteiger partial charge in [0.1, 0.15) is 17.9 Å². The van der Waals surface area contributed by atoms with E-state index in [-0.39, 0.29) is 11.7 Å². The molecule has 0 bridgehead atoms. The zero-order valence-corrected chi connectivity index (χ0v) is 21.4. The minimum Gasteiger partial charge on any atom is -0.508 e. The molecule has 37 heavy (non-hydrogen) atoms. The van der Waals surface area contributed by atoms with Gasteiger partial charge in [-0.05, 0) is 61.5 Å². The van der Waals surface area contributed by atoms with Crippen LogP contribution in [0.4, 0.5) is 17.2 Å². The Bertz CT molecular complexity index is 1540. The number of nitrogens with one attached hydrogen (secondary N) is 2. The van der Waals surface area contributed by atoms with Crippen LogP contribution in [-0.2, 0) is 6.42 Å². The minimum absolute atomic E-state index is 0.187. The summed E-state index contributed by atoms with van der Waals surface area (Å²) < 4.78 is 0.856. The fourth-order valence-corrected chi connectivity index (χ4v) is 5.78. The fourth-order valence-electron chi connectivity index (χ4n) is 3.61. The molecule has 0 radical (unpaired) electrons. The first-order valence-electron chi connectivity index (χ1n) is 11.5. The van der Waals surface area contributed by atoms with E-state index in [1.54, 1.807) is 25.1 Å². The number of phenolic OH excluding ortho intramolecular Hbond substituents is 1. The van der Waals surface area contributed by atoms with Gasteiger partial charge >= 0.3 is 0 Å². The molecule has 1 amide bonds. The Labute approximate surface area is 221 Å². The number of carbonyl (C=O) groups is 1. The maximum absolute atomic E-state index is 13.0.